The summed E-state index contributed by atoms with van der Waals surface area (Å²) in [6.07, 6.45) is -2.11. The fourth-order valence-corrected chi connectivity index (χ4v) is 1.94. The molecule has 0 aromatic heterocycles. The summed E-state index contributed by atoms with van der Waals surface area (Å²) < 4.78 is 37.7. The van der Waals surface area contributed by atoms with E-state index in [-0.39, 0.29) is 12.1 Å². The number of alkyl halides is 3. The Morgan fingerprint density at radius 3 is 2.15 bits per heavy atom. The molecule has 1 saturated heterocycles. The van der Waals surface area contributed by atoms with E-state index in [4.69, 9.17) is 0 Å². The van der Waals surface area contributed by atoms with Gasteiger partial charge in [-0.05, 0) is 25.8 Å². The summed E-state index contributed by atoms with van der Waals surface area (Å²) in [5.74, 6) is 0. The van der Waals surface area contributed by atoms with Crippen LogP contribution < -0.4 is 5.32 Å². The van der Waals surface area contributed by atoms with Crippen LogP contribution in [0, 0.1) is 0 Å². The van der Waals surface area contributed by atoms with Crippen molar-refractivity contribution in [1.82, 2.24) is 10.2 Å². The van der Waals surface area contributed by atoms with Crippen LogP contribution in [0.3, 0.4) is 0 Å². The summed E-state index contributed by atoms with van der Waals surface area (Å²) in [5, 5.41) is 2.97. The van der Waals surface area contributed by atoms with E-state index < -0.39 is 6.30 Å². The summed E-state index contributed by atoms with van der Waals surface area (Å²) in [5.41, 5.74) is 0. The van der Waals surface area contributed by atoms with Gasteiger partial charge in [-0.3, -0.25) is 0 Å². The van der Waals surface area contributed by atoms with Crippen LogP contribution in [-0.4, -0.2) is 36.4 Å². The van der Waals surface area contributed by atoms with Gasteiger partial charge in [-0.15, -0.1) is 0 Å². The van der Waals surface area contributed by atoms with Crippen LogP contribution in [0.5, 0.6) is 0 Å². The minimum absolute atomic E-state index is 0.232. The third-order valence-electron chi connectivity index (χ3n) is 2.66. The van der Waals surface area contributed by atoms with Gasteiger partial charge in [0.05, 0.1) is 0 Å². The number of nitrogens with one attached hydrogen (secondary N) is 1. The molecule has 0 amide bonds. The molecule has 13 heavy (non-hydrogen) atoms. The maximum absolute atomic E-state index is 12.6. The van der Waals surface area contributed by atoms with Gasteiger partial charge < -0.3 is 5.32 Å². The Bertz CT molecular complexity index is 182. The molecule has 1 aliphatic heterocycles. The van der Waals surface area contributed by atoms with Crippen LogP contribution in [0.2, 0.25) is 0 Å². The lowest BCUT2D eigenvalue weighted by Gasteiger charge is -2.29. The molecule has 1 atom stereocenters. The second-order valence-corrected chi connectivity index (χ2v) is 3.75. The molecule has 2 rings (SSSR count). The fourth-order valence-electron chi connectivity index (χ4n) is 1.94. The van der Waals surface area contributed by atoms with Crippen LogP contribution in [0.4, 0.5) is 13.2 Å². The lowest BCUT2D eigenvalue weighted by molar-refractivity contribution is -0.260. The van der Waals surface area contributed by atoms with Crippen molar-refractivity contribution >= 4 is 0 Å². The maximum Gasteiger partial charge on any atom is 0.460 e. The zero-order chi connectivity index (χ0) is 9.47. The first-order chi connectivity index (χ1) is 6.09. The SMILES string of the molecule is FC(F)(F)N(C1CC1)C1CCNC1. The van der Waals surface area contributed by atoms with Crippen molar-refractivity contribution in [2.24, 2.45) is 0 Å². The van der Waals surface area contributed by atoms with E-state index in [1.165, 1.54) is 0 Å². The molecule has 0 bridgehead atoms. The van der Waals surface area contributed by atoms with Gasteiger partial charge in [0.1, 0.15) is 0 Å². The summed E-state index contributed by atoms with van der Waals surface area (Å²) in [6, 6.07) is -0.558. The van der Waals surface area contributed by atoms with E-state index in [2.05, 4.69) is 5.32 Å². The van der Waals surface area contributed by atoms with Gasteiger partial charge >= 0.3 is 6.30 Å². The molecule has 5 heteroatoms. The summed E-state index contributed by atoms with van der Waals surface area (Å²) in [6.45, 7) is 1.19. The van der Waals surface area contributed by atoms with E-state index in [0.29, 0.717) is 32.4 Å². The molecule has 0 radical (unpaired) electrons. The Kier molecular flexibility index (Phi) is 2.23. The Hall–Kier alpha value is -0.290. The molecule has 1 aliphatic carbocycles. The first-order valence-corrected chi connectivity index (χ1v) is 4.65. The highest BCUT2D eigenvalue weighted by atomic mass is 19.4. The van der Waals surface area contributed by atoms with Crippen molar-refractivity contribution in [3.63, 3.8) is 0 Å². The Morgan fingerprint density at radius 1 is 1.08 bits per heavy atom. The highest BCUT2D eigenvalue weighted by Crippen LogP contribution is 2.38. The van der Waals surface area contributed by atoms with Gasteiger partial charge in [0.15, 0.2) is 0 Å². The maximum atomic E-state index is 12.6. The number of nitrogens with zero attached hydrogens (tertiary/aromatic N) is 1. The quantitative estimate of drug-likeness (QED) is 0.667. The molecule has 76 valence electrons. The third kappa shape index (κ3) is 1.96. The van der Waals surface area contributed by atoms with E-state index in [1.54, 1.807) is 0 Å². The van der Waals surface area contributed by atoms with Gasteiger partial charge in [-0.25, -0.2) is 4.90 Å². The summed E-state index contributed by atoms with van der Waals surface area (Å²) >= 11 is 0. The van der Waals surface area contributed by atoms with Crippen molar-refractivity contribution in [2.75, 3.05) is 13.1 Å². The van der Waals surface area contributed by atoms with Gasteiger partial charge in [-0.2, -0.15) is 13.2 Å². The Balaban J connectivity index is 2.03. The van der Waals surface area contributed by atoms with E-state index in [9.17, 15) is 13.2 Å². The van der Waals surface area contributed by atoms with Crippen LogP contribution in [-0.2, 0) is 0 Å². The van der Waals surface area contributed by atoms with Crippen LogP contribution in [0.15, 0.2) is 0 Å². The minimum atomic E-state index is -4.14. The first-order valence-electron chi connectivity index (χ1n) is 4.65. The molecular weight excluding hydrogens is 181 g/mol. The number of halogens is 3. The largest absolute Gasteiger partial charge is 0.460 e. The summed E-state index contributed by atoms with van der Waals surface area (Å²) in [7, 11) is 0. The molecular formula is C8H13F3N2. The smallest absolute Gasteiger partial charge is 0.315 e. The Labute approximate surface area is 75.1 Å². The molecule has 1 heterocycles. The van der Waals surface area contributed by atoms with Crippen molar-refractivity contribution < 1.29 is 13.2 Å². The van der Waals surface area contributed by atoms with Crippen LogP contribution in [0.25, 0.3) is 0 Å². The fraction of sp³-hybridized carbons (Fsp3) is 1.00. The lowest BCUT2D eigenvalue weighted by Crippen LogP contribution is -2.48. The Morgan fingerprint density at radius 2 is 1.77 bits per heavy atom. The molecule has 0 spiro atoms. The zero-order valence-electron chi connectivity index (χ0n) is 7.27. The first kappa shape index (κ1) is 9.27. The topological polar surface area (TPSA) is 15.3 Å². The highest BCUT2D eigenvalue weighted by molar-refractivity contribution is 4.93. The number of hydrogen-bond acceptors (Lipinski definition) is 2. The minimum Gasteiger partial charge on any atom is -0.315 e. The normalized spacial score (nSPS) is 30.0. The van der Waals surface area contributed by atoms with E-state index in [1.807, 2.05) is 0 Å². The molecule has 0 aromatic rings. The number of hydrogen-bond donors (Lipinski definition) is 1. The van der Waals surface area contributed by atoms with Crippen molar-refractivity contribution in [2.45, 2.75) is 37.6 Å². The van der Waals surface area contributed by atoms with Gasteiger partial charge in [0.25, 0.3) is 0 Å². The highest BCUT2D eigenvalue weighted by Gasteiger charge is 2.50. The van der Waals surface area contributed by atoms with Gasteiger partial charge in [0.2, 0.25) is 0 Å². The average molecular weight is 194 g/mol. The van der Waals surface area contributed by atoms with Gasteiger partial charge in [-0.1, -0.05) is 0 Å². The predicted molar refractivity (Wildman–Crippen MR) is 42.2 cm³/mol. The predicted octanol–water partition coefficient (Wildman–Crippen LogP) is 1.33. The van der Waals surface area contributed by atoms with Gasteiger partial charge in [0, 0.05) is 18.6 Å². The van der Waals surface area contributed by atoms with Crippen molar-refractivity contribution in [3.8, 4) is 0 Å². The lowest BCUT2D eigenvalue weighted by atomic mass is 10.2. The number of rotatable bonds is 2. The molecule has 2 fully saturated rings. The van der Waals surface area contributed by atoms with E-state index >= 15 is 0 Å². The van der Waals surface area contributed by atoms with Crippen LogP contribution >= 0.6 is 0 Å². The zero-order valence-corrected chi connectivity index (χ0v) is 7.27. The molecule has 1 unspecified atom stereocenters. The monoisotopic (exact) mass is 194 g/mol. The molecule has 2 nitrogen and oxygen atoms in total. The average Bonchev–Trinajstić information content (AvgIpc) is 2.63. The molecule has 1 saturated carbocycles. The van der Waals surface area contributed by atoms with E-state index in [0.717, 1.165) is 4.90 Å². The standard InChI is InChI=1S/C8H13F3N2/c9-8(10,11)13(6-1-2-6)7-3-4-12-5-7/h6-7,12H,1-5H2. The second-order valence-electron chi connectivity index (χ2n) is 3.75. The van der Waals surface area contributed by atoms with Crippen molar-refractivity contribution in [3.05, 3.63) is 0 Å². The second kappa shape index (κ2) is 3.13. The summed E-state index contributed by atoms with van der Waals surface area (Å²) in [4.78, 5) is 0.743. The molecule has 0 aromatic carbocycles. The van der Waals surface area contributed by atoms with Crippen LogP contribution in [0.1, 0.15) is 19.3 Å². The van der Waals surface area contributed by atoms with Crippen molar-refractivity contribution in [1.29, 1.82) is 0 Å². The molecule has 1 N–H and O–H groups in total. The molecule has 2 aliphatic rings. The third-order valence-corrected chi connectivity index (χ3v) is 2.66.